The fraction of sp³-hybridized carbons (Fsp3) is 0.746. The molecule has 6 atom stereocenters. The van der Waals surface area contributed by atoms with Crippen LogP contribution in [-0.4, -0.2) is 89.6 Å². The second kappa shape index (κ2) is 49.4. The number of ether oxygens (including phenoxy) is 4. The summed E-state index contributed by atoms with van der Waals surface area (Å²) in [5.74, 6) is -0.324. The third-order valence-corrected chi connectivity index (χ3v) is 12.3. The van der Waals surface area contributed by atoms with Crippen LogP contribution < -0.4 is 0 Å². The Hall–Kier alpha value is -2.63. The molecule has 0 bridgehead atoms. The number of carbonyl (C=O) groups excluding carboxylic acids is 1. The highest BCUT2D eigenvalue weighted by atomic mass is 16.7. The van der Waals surface area contributed by atoms with E-state index in [2.05, 4.69) is 98.9 Å². The number of hydrogen-bond donors (Lipinski definition) is 4. The van der Waals surface area contributed by atoms with Crippen LogP contribution in [0.1, 0.15) is 219 Å². The van der Waals surface area contributed by atoms with Crippen LogP contribution in [0, 0.1) is 0 Å². The first-order chi connectivity index (χ1) is 33.4. The summed E-state index contributed by atoms with van der Waals surface area (Å²) in [6.07, 6.45) is 60.4. The highest BCUT2D eigenvalue weighted by Crippen LogP contribution is 2.23. The molecule has 9 nitrogen and oxygen atoms in total. The van der Waals surface area contributed by atoms with Gasteiger partial charge in [-0.2, -0.15) is 0 Å². The summed E-state index contributed by atoms with van der Waals surface area (Å²) in [5, 5.41) is 40.3. The smallest absolute Gasteiger partial charge is 0.306 e. The summed E-state index contributed by atoms with van der Waals surface area (Å²) in [7, 11) is 0. The first-order valence-corrected chi connectivity index (χ1v) is 27.7. The van der Waals surface area contributed by atoms with E-state index in [0.29, 0.717) is 13.0 Å². The molecule has 0 aromatic heterocycles. The summed E-state index contributed by atoms with van der Waals surface area (Å²) in [6, 6.07) is 0. The maximum absolute atomic E-state index is 12.9. The van der Waals surface area contributed by atoms with Crippen LogP contribution in [0.4, 0.5) is 0 Å². The molecular formula is C59H102O9. The number of carbonyl (C=O) groups is 1. The Morgan fingerprint density at radius 1 is 0.485 bits per heavy atom. The minimum Gasteiger partial charge on any atom is -0.457 e. The maximum Gasteiger partial charge on any atom is 0.306 e. The molecule has 0 radical (unpaired) electrons. The molecule has 0 saturated carbocycles. The monoisotopic (exact) mass is 955 g/mol. The number of aliphatic hydroxyl groups is 4. The molecule has 0 spiro atoms. The quantitative estimate of drug-likeness (QED) is 0.0267. The minimum absolute atomic E-state index is 0.123. The van der Waals surface area contributed by atoms with Gasteiger partial charge in [0.1, 0.15) is 30.5 Å². The van der Waals surface area contributed by atoms with Crippen molar-refractivity contribution in [1.82, 2.24) is 0 Å². The lowest BCUT2D eigenvalue weighted by Crippen LogP contribution is -2.59. The molecule has 9 heteroatoms. The van der Waals surface area contributed by atoms with E-state index in [9.17, 15) is 25.2 Å². The van der Waals surface area contributed by atoms with Crippen molar-refractivity contribution >= 4 is 5.97 Å². The van der Waals surface area contributed by atoms with Crippen LogP contribution in [0.3, 0.4) is 0 Å². The topological polar surface area (TPSA) is 135 Å². The van der Waals surface area contributed by atoms with Crippen molar-refractivity contribution in [3.05, 3.63) is 85.1 Å². The van der Waals surface area contributed by atoms with Crippen molar-refractivity contribution in [3.8, 4) is 0 Å². The Morgan fingerprint density at radius 2 is 0.897 bits per heavy atom. The molecule has 1 aliphatic rings. The molecule has 1 fully saturated rings. The van der Waals surface area contributed by atoms with Gasteiger partial charge in [0.15, 0.2) is 6.29 Å². The van der Waals surface area contributed by atoms with Gasteiger partial charge in [0.25, 0.3) is 0 Å². The van der Waals surface area contributed by atoms with E-state index >= 15 is 0 Å². The molecule has 392 valence electrons. The summed E-state index contributed by atoms with van der Waals surface area (Å²) in [5.41, 5.74) is 0. The van der Waals surface area contributed by atoms with E-state index in [1.54, 1.807) is 0 Å². The van der Waals surface area contributed by atoms with Crippen LogP contribution in [0.15, 0.2) is 85.1 Å². The second-order valence-corrected chi connectivity index (χ2v) is 18.6. The standard InChI is InChI=1S/C59H102O9/c1-3-5-7-9-11-13-15-17-19-21-23-25-27-28-30-32-34-36-38-40-42-44-46-48-55(61)67-53(52-66-59-58(64)57(63)56(62)54(50-60)68-59)51-65-49-47-45-43-41-39-37-35-33-31-29-26-24-22-20-18-16-14-12-10-8-6-4-2/h6,8,12,14-15,17-18,20-21,23-24,26-28,53-54,56-60,62-64H,3-5,7,9-11,13,16,19,22,25,29-52H2,1-2H3/b8-6-,14-12-,17-15-,20-18-,23-21-,26-24-,28-27-. The van der Waals surface area contributed by atoms with E-state index in [4.69, 9.17) is 18.9 Å². The molecule has 4 N–H and O–H groups in total. The second-order valence-electron chi connectivity index (χ2n) is 18.6. The van der Waals surface area contributed by atoms with E-state index in [-0.39, 0.29) is 19.2 Å². The van der Waals surface area contributed by atoms with E-state index < -0.39 is 43.4 Å². The highest BCUT2D eigenvalue weighted by Gasteiger charge is 2.44. The Morgan fingerprint density at radius 3 is 1.35 bits per heavy atom. The molecular weight excluding hydrogens is 853 g/mol. The molecule has 1 aliphatic heterocycles. The average molecular weight is 955 g/mol. The van der Waals surface area contributed by atoms with E-state index in [1.165, 1.54) is 109 Å². The summed E-state index contributed by atoms with van der Waals surface area (Å²) < 4.78 is 22.9. The van der Waals surface area contributed by atoms with Gasteiger partial charge < -0.3 is 39.4 Å². The molecule has 0 amide bonds. The normalized spacial score (nSPS) is 19.8. The molecule has 0 aromatic carbocycles. The first kappa shape index (κ1) is 63.4. The van der Waals surface area contributed by atoms with Gasteiger partial charge in [0, 0.05) is 13.0 Å². The molecule has 0 aliphatic carbocycles. The SMILES string of the molecule is CC/C=C\C/C=C\C/C=C\C/C=C\CCCCCCCCCCCOCC(COC1OC(CO)C(O)C(O)C1O)OC(=O)CCCCCCCCCC/C=C\C/C=C\C/C=C\CCCCCCC. The number of rotatable bonds is 47. The van der Waals surface area contributed by atoms with Crippen LogP contribution in [0.2, 0.25) is 0 Å². The van der Waals surface area contributed by atoms with Gasteiger partial charge in [0.05, 0.1) is 19.8 Å². The van der Waals surface area contributed by atoms with Gasteiger partial charge in [-0.25, -0.2) is 0 Å². The number of aliphatic hydroxyl groups excluding tert-OH is 4. The van der Waals surface area contributed by atoms with E-state index in [0.717, 1.165) is 89.9 Å². The Labute approximate surface area is 416 Å². The highest BCUT2D eigenvalue weighted by molar-refractivity contribution is 5.69. The molecule has 6 unspecified atom stereocenters. The van der Waals surface area contributed by atoms with E-state index in [1.807, 2.05) is 0 Å². The van der Waals surface area contributed by atoms with Crippen molar-refractivity contribution in [3.63, 3.8) is 0 Å². The predicted molar refractivity (Wildman–Crippen MR) is 283 cm³/mol. The molecule has 68 heavy (non-hydrogen) atoms. The van der Waals surface area contributed by atoms with Gasteiger partial charge in [-0.1, -0.05) is 208 Å². The lowest BCUT2D eigenvalue weighted by molar-refractivity contribution is -0.305. The van der Waals surface area contributed by atoms with Crippen molar-refractivity contribution < 1.29 is 44.2 Å². The largest absolute Gasteiger partial charge is 0.457 e. The van der Waals surface area contributed by atoms with Gasteiger partial charge in [-0.05, 0) is 89.9 Å². The van der Waals surface area contributed by atoms with Gasteiger partial charge in [-0.3, -0.25) is 4.79 Å². The summed E-state index contributed by atoms with van der Waals surface area (Å²) >= 11 is 0. The van der Waals surface area contributed by atoms with Crippen LogP contribution >= 0.6 is 0 Å². The third kappa shape index (κ3) is 39.1. The first-order valence-electron chi connectivity index (χ1n) is 27.7. The van der Waals surface area contributed by atoms with Crippen molar-refractivity contribution in [2.45, 2.75) is 256 Å². The summed E-state index contributed by atoms with van der Waals surface area (Å²) in [6.45, 7) is 4.42. The average Bonchev–Trinajstić information content (AvgIpc) is 3.34. The van der Waals surface area contributed by atoms with Crippen LogP contribution in [0.5, 0.6) is 0 Å². The fourth-order valence-corrected chi connectivity index (χ4v) is 8.02. The maximum atomic E-state index is 12.9. The lowest BCUT2D eigenvalue weighted by Gasteiger charge is -2.39. The van der Waals surface area contributed by atoms with Crippen LogP contribution in [-0.2, 0) is 23.7 Å². The zero-order chi connectivity index (χ0) is 49.2. The predicted octanol–water partition coefficient (Wildman–Crippen LogP) is 14.1. The number of esters is 1. The zero-order valence-corrected chi connectivity index (χ0v) is 43.3. The Kier molecular flexibility index (Phi) is 46.0. The van der Waals surface area contributed by atoms with Gasteiger partial charge in [-0.15, -0.1) is 0 Å². The Balaban J connectivity index is 2.20. The van der Waals surface area contributed by atoms with Crippen molar-refractivity contribution in [2.24, 2.45) is 0 Å². The van der Waals surface area contributed by atoms with Gasteiger partial charge in [0.2, 0.25) is 0 Å². The van der Waals surface area contributed by atoms with Crippen LogP contribution in [0.25, 0.3) is 0 Å². The zero-order valence-electron chi connectivity index (χ0n) is 43.3. The molecule has 0 aromatic rings. The van der Waals surface area contributed by atoms with Gasteiger partial charge >= 0.3 is 5.97 Å². The minimum atomic E-state index is -1.54. The lowest BCUT2D eigenvalue weighted by atomic mass is 9.99. The van der Waals surface area contributed by atoms with Crippen molar-refractivity contribution in [2.75, 3.05) is 26.4 Å². The Bertz CT molecular complexity index is 1320. The molecule has 1 rings (SSSR count). The summed E-state index contributed by atoms with van der Waals surface area (Å²) in [4.78, 5) is 12.9. The fourth-order valence-electron chi connectivity index (χ4n) is 8.02. The molecule has 1 saturated heterocycles. The third-order valence-electron chi connectivity index (χ3n) is 12.3. The number of unbranched alkanes of at least 4 members (excludes halogenated alkanes) is 22. The number of hydrogen-bond acceptors (Lipinski definition) is 9. The number of allylic oxidation sites excluding steroid dienone is 14. The molecule has 1 heterocycles. The van der Waals surface area contributed by atoms with Crippen molar-refractivity contribution in [1.29, 1.82) is 0 Å².